The van der Waals surface area contributed by atoms with Crippen LogP contribution in [0, 0.1) is 0 Å². The van der Waals surface area contributed by atoms with Crippen molar-refractivity contribution < 1.29 is 20.1 Å². The molecule has 0 fully saturated rings. The predicted molar refractivity (Wildman–Crippen MR) is 190 cm³/mol. The van der Waals surface area contributed by atoms with E-state index in [-0.39, 0.29) is 18.9 Å². The van der Waals surface area contributed by atoms with Crippen LogP contribution in [0.15, 0.2) is 24.3 Å². The van der Waals surface area contributed by atoms with Crippen LogP contribution in [0.5, 0.6) is 0 Å². The van der Waals surface area contributed by atoms with Gasteiger partial charge < -0.3 is 20.6 Å². The van der Waals surface area contributed by atoms with Gasteiger partial charge in [0, 0.05) is 13.0 Å². The number of carbonyl (C=O) groups is 1. The Balaban J connectivity index is 3.81. The summed E-state index contributed by atoms with van der Waals surface area (Å²) in [7, 11) is 0. The standard InChI is InChI=1S/C39H75NO4/c1-3-5-7-9-11-13-15-17-18-19-20-21-23-25-27-29-31-33-38(43)40-36(34-35-41)39(44)37(42)32-30-28-26-24-22-16-14-12-10-8-6-4-2/h13,15,17-18,36-37,39,41-42,44H,3-12,14,16,19-35H2,1-2H3,(H,40,43)/b15-13+,18-17-. The van der Waals surface area contributed by atoms with Crippen LogP contribution in [0.4, 0.5) is 0 Å². The van der Waals surface area contributed by atoms with Gasteiger partial charge >= 0.3 is 0 Å². The van der Waals surface area contributed by atoms with Crippen molar-refractivity contribution >= 4 is 5.91 Å². The molecule has 0 aromatic carbocycles. The Morgan fingerprint density at radius 1 is 0.568 bits per heavy atom. The van der Waals surface area contributed by atoms with E-state index < -0.39 is 18.2 Å². The van der Waals surface area contributed by atoms with Crippen molar-refractivity contribution in [2.75, 3.05) is 6.61 Å². The molecule has 1 amide bonds. The van der Waals surface area contributed by atoms with Gasteiger partial charge in [-0.1, -0.05) is 167 Å². The predicted octanol–water partition coefficient (Wildman–Crippen LogP) is 10.3. The van der Waals surface area contributed by atoms with E-state index in [1.54, 1.807) is 0 Å². The highest BCUT2D eigenvalue weighted by molar-refractivity contribution is 5.76. The number of hydrogen-bond acceptors (Lipinski definition) is 4. The molecule has 0 saturated heterocycles. The number of allylic oxidation sites excluding steroid dienone is 4. The number of hydrogen-bond donors (Lipinski definition) is 4. The summed E-state index contributed by atoms with van der Waals surface area (Å²) in [5.41, 5.74) is 0. The SMILES string of the molecule is CCCCCC/C=C/C=C\CCCCCCCCCC(=O)NC(CCO)C(O)C(O)CCCCCCCCCCCCCC. The maximum Gasteiger partial charge on any atom is 0.220 e. The summed E-state index contributed by atoms with van der Waals surface area (Å²) in [4.78, 5) is 12.5. The van der Waals surface area contributed by atoms with Crippen LogP contribution < -0.4 is 5.32 Å². The van der Waals surface area contributed by atoms with Crippen molar-refractivity contribution in [2.45, 2.75) is 212 Å². The first kappa shape index (κ1) is 42.8. The third-order valence-electron chi connectivity index (χ3n) is 8.83. The highest BCUT2D eigenvalue weighted by Gasteiger charge is 2.27. The molecule has 44 heavy (non-hydrogen) atoms. The van der Waals surface area contributed by atoms with Crippen LogP contribution in [-0.4, -0.2) is 46.1 Å². The summed E-state index contributed by atoms with van der Waals surface area (Å²) >= 11 is 0. The Hall–Kier alpha value is -1.17. The zero-order valence-corrected chi connectivity index (χ0v) is 29.3. The number of nitrogens with one attached hydrogen (secondary N) is 1. The fraction of sp³-hybridized carbons (Fsp3) is 0.872. The minimum atomic E-state index is -1.04. The minimum Gasteiger partial charge on any atom is -0.396 e. The molecule has 0 radical (unpaired) electrons. The zero-order valence-electron chi connectivity index (χ0n) is 29.3. The number of carbonyl (C=O) groups excluding carboxylic acids is 1. The molecule has 5 nitrogen and oxygen atoms in total. The van der Waals surface area contributed by atoms with Crippen molar-refractivity contribution in [1.82, 2.24) is 5.32 Å². The van der Waals surface area contributed by atoms with Crippen LogP contribution in [0.25, 0.3) is 0 Å². The summed E-state index contributed by atoms with van der Waals surface area (Å²) in [6, 6.07) is -0.602. The molecule has 0 saturated carbocycles. The quantitative estimate of drug-likeness (QED) is 0.0425. The van der Waals surface area contributed by atoms with Gasteiger partial charge in [0.1, 0.15) is 6.10 Å². The first-order valence-electron chi connectivity index (χ1n) is 19.1. The average molecular weight is 622 g/mol. The Morgan fingerprint density at radius 3 is 1.45 bits per heavy atom. The molecular formula is C39H75NO4. The van der Waals surface area contributed by atoms with E-state index in [1.807, 2.05) is 0 Å². The van der Waals surface area contributed by atoms with Gasteiger partial charge in [0.25, 0.3) is 0 Å². The van der Waals surface area contributed by atoms with Crippen molar-refractivity contribution in [3.05, 3.63) is 24.3 Å². The summed E-state index contributed by atoms with van der Waals surface area (Å²) in [5.74, 6) is -0.0955. The van der Waals surface area contributed by atoms with Crippen LogP contribution in [0.3, 0.4) is 0 Å². The Labute approximate surface area is 273 Å². The first-order chi connectivity index (χ1) is 21.6. The number of unbranched alkanes of at least 4 members (excludes halogenated alkanes) is 22. The lowest BCUT2D eigenvalue weighted by molar-refractivity contribution is -0.123. The Morgan fingerprint density at radius 2 is 0.977 bits per heavy atom. The van der Waals surface area contributed by atoms with Crippen LogP contribution >= 0.6 is 0 Å². The Kier molecular flexibility index (Phi) is 33.8. The zero-order chi connectivity index (χ0) is 32.4. The number of aliphatic hydroxyl groups excluding tert-OH is 3. The van der Waals surface area contributed by atoms with E-state index in [4.69, 9.17) is 0 Å². The molecular weight excluding hydrogens is 546 g/mol. The molecule has 0 aromatic rings. The highest BCUT2D eigenvalue weighted by Crippen LogP contribution is 2.16. The van der Waals surface area contributed by atoms with Gasteiger partial charge in [-0.05, 0) is 44.9 Å². The first-order valence-corrected chi connectivity index (χ1v) is 19.1. The largest absolute Gasteiger partial charge is 0.396 e. The van der Waals surface area contributed by atoms with E-state index in [9.17, 15) is 20.1 Å². The molecule has 5 heteroatoms. The number of amides is 1. The maximum absolute atomic E-state index is 12.5. The van der Waals surface area contributed by atoms with Crippen molar-refractivity contribution in [3.63, 3.8) is 0 Å². The lowest BCUT2D eigenvalue weighted by Gasteiger charge is -2.27. The van der Waals surface area contributed by atoms with E-state index in [0.29, 0.717) is 12.8 Å². The van der Waals surface area contributed by atoms with Gasteiger partial charge in [-0.15, -0.1) is 0 Å². The topological polar surface area (TPSA) is 89.8 Å². The molecule has 0 bridgehead atoms. The molecule has 0 rings (SSSR count). The van der Waals surface area contributed by atoms with Crippen molar-refractivity contribution in [2.24, 2.45) is 0 Å². The average Bonchev–Trinajstić information content (AvgIpc) is 3.02. The molecule has 0 aliphatic carbocycles. The van der Waals surface area contributed by atoms with Crippen molar-refractivity contribution in [1.29, 1.82) is 0 Å². The maximum atomic E-state index is 12.5. The van der Waals surface area contributed by atoms with Crippen molar-refractivity contribution in [3.8, 4) is 0 Å². The molecule has 4 N–H and O–H groups in total. The summed E-state index contributed by atoms with van der Waals surface area (Å²) < 4.78 is 0. The van der Waals surface area contributed by atoms with E-state index in [0.717, 1.165) is 38.5 Å². The fourth-order valence-corrected chi connectivity index (χ4v) is 5.85. The van der Waals surface area contributed by atoms with Gasteiger partial charge in [0.2, 0.25) is 5.91 Å². The molecule has 0 aliphatic rings. The summed E-state index contributed by atoms with van der Waals surface area (Å²) in [6.07, 6.45) is 39.0. The minimum absolute atomic E-state index is 0.0955. The van der Waals surface area contributed by atoms with Crippen LogP contribution in [-0.2, 0) is 4.79 Å². The monoisotopic (exact) mass is 622 g/mol. The smallest absolute Gasteiger partial charge is 0.220 e. The van der Waals surface area contributed by atoms with Gasteiger partial charge in [-0.25, -0.2) is 0 Å². The van der Waals surface area contributed by atoms with Crippen LogP contribution in [0.1, 0.15) is 194 Å². The van der Waals surface area contributed by atoms with E-state index in [2.05, 4.69) is 43.5 Å². The van der Waals surface area contributed by atoms with Crippen LogP contribution in [0.2, 0.25) is 0 Å². The second-order valence-corrected chi connectivity index (χ2v) is 13.1. The second-order valence-electron chi connectivity index (χ2n) is 13.1. The van der Waals surface area contributed by atoms with Gasteiger partial charge in [-0.2, -0.15) is 0 Å². The molecule has 0 aromatic heterocycles. The normalized spacial score (nSPS) is 14.0. The van der Waals surface area contributed by atoms with Gasteiger partial charge in [0.05, 0.1) is 12.1 Å². The molecule has 0 aliphatic heterocycles. The lowest BCUT2D eigenvalue weighted by Crippen LogP contribution is -2.49. The summed E-state index contributed by atoms with van der Waals surface area (Å²) in [5, 5.41) is 33.5. The highest BCUT2D eigenvalue weighted by atomic mass is 16.3. The fourth-order valence-electron chi connectivity index (χ4n) is 5.85. The van der Waals surface area contributed by atoms with E-state index in [1.165, 1.54) is 122 Å². The summed E-state index contributed by atoms with van der Waals surface area (Å²) in [6.45, 7) is 4.38. The molecule has 260 valence electrons. The lowest BCUT2D eigenvalue weighted by atomic mass is 9.97. The third-order valence-corrected chi connectivity index (χ3v) is 8.83. The molecule has 0 spiro atoms. The number of aliphatic hydroxyl groups is 3. The van der Waals surface area contributed by atoms with Gasteiger partial charge in [-0.3, -0.25) is 4.79 Å². The van der Waals surface area contributed by atoms with E-state index >= 15 is 0 Å². The van der Waals surface area contributed by atoms with Gasteiger partial charge in [0.15, 0.2) is 0 Å². The third kappa shape index (κ3) is 29.5. The molecule has 0 heterocycles. The Bertz CT molecular complexity index is 650. The second kappa shape index (κ2) is 34.7. The number of rotatable bonds is 34. The molecule has 3 atom stereocenters. The molecule has 3 unspecified atom stereocenters.